The molecule has 7 heteroatoms. The lowest BCUT2D eigenvalue weighted by atomic mass is 10.2. The number of anilines is 3. The molecule has 0 fully saturated rings. The Morgan fingerprint density at radius 1 is 1.08 bits per heavy atom. The number of hydrogen-bond acceptors (Lipinski definition) is 6. The molecular formula is C19H28N6O. The highest BCUT2D eigenvalue weighted by molar-refractivity contribution is 6.03. The van der Waals surface area contributed by atoms with Crippen molar-refractivity contribution in [1.29, 1.82) is 0 Å². The fourth-order valence-electron chi connectivity index (χ4n) is 2.42. The van der Waals surface area contributed by atoms with Gasteiger partial charge in [-0.3, -0.25) is 4.79 Å². The van der Waals surface area contributed by atoms with Crippen LogP contribution in [0.25, 0.3) is 0 Å². The van der Waals surface area contributed by atoms with Crippen LogP contribution < -0.4 is 15.5 Å². The van der Waals surface area contributed by atoms with E-state index in [1.165, 1.54) is 0 Å². The molecule has 0 saturated carbocycles. The Morgan fingerprint density at radius 2 is 1.77 bits per heavy atom. The van der Waals surface area contributed by atoms with Crippen molar-refractivity contribution in [3.8, 4) is 0 Å². The summed E-state index contributed by atoms with van der Waals surface area (Å²) in [5.74, 6) is 0.990. The minimum absolute atomic E-state index is 0.246. The van der Waals surface area contributed by atoms with Crippen molar-refractivity contribution in [2.45, 2.75) is 13.3 Å². The molecule has 1 aromatic carbocycles. The fourth-order valence-corrected chi connectivity index (χ4v) is 2.42. The molecule has 0 aliphatic carbocycles. The van der Waals surface area contributed by atoms with Gasteiger partial charge in [0.1, 0.15) is 17.3 Å². The lowest BCUT2D eigenvalue weighted by Gasteiger charge is -2.13. The molecule has 0 radical (unpaired) electrons. The van der Waals surface area contributed by atoms with E-state index in [2.05, 4.69) is 25.5 Å². The molecule has 0 unspecified atom stereocenters. The molecule has 0 spiro atoms. The normalized spacial score (nSPS) is 10.7. The highest BCUT2D eigenvalue weighted by atomic mass is 16.1. The monoisotopic (exact) mass is 356 g/mol. The highest BCUT2D eigenvalue weighted by Crippen LogP contribution is 2.16. The molecule has 0 bridgehead atoms. The molecule has 2 aromatic rings. The number of nitrogens with one attached hydrogen (secondary N) is 2. The zero-order valence-electron chi connectivity index (χ0n) is 16.2. The maximum atomic E-state index is 12.5. The summed E-state index contributed by atoms with van der Waals surface area (Å²) in [4.78, 5) is 25.3. The molecule has 7 nitrogen and oxygen atoms in total. The minimum Gasteiger partial charge on any atom is -0.378 e. The number of aryl methyl sites for hydroxylation is 1. The number of aromatic nitrogens is 2. The Labute approximate surface area is 155 Å². The van der Waals surface area contributed by atoms with Crippen LogP contribution in [0.2, 0.25) is 0 Å². The molecule has 2 N–H and O–H groups in total. The smallest absolute Gasteiger partial charge is 0.274 e. The first-order valence-corrected chi connectivity index (χ1v) is 8.68. The predicted molar refractivity (Wildman–Crippen MR) is 107 cm³/mol. The molecule has 2 rings (SSSR count). The Hall–Kier alpha value is -2.67. The van der Waals surface area contributed by atoms with E-state index in [1.807, 2.05) is 57.4 Å². The van der Waals surface area contributed by atoms with Gasteiger partial charge in [0.25, 0.3) is 5.91 Å². The fraction of sp³-hybridized carbons (Fsp3) is 0.421. The van der Waals surface area contributed by atoms with Crippen LogP contribution in [-0.2, 0) is 0 Å². The van der Waals surface area contributed by atoms with Crippen LogP contribution in [0.4, 0.5) is 17.2 Å². The zero-order valence-corrected chi connectivity index (χ0v) is 16.2. The lowest BCUT2D eigenvalue weighted by Crippen LogP contribution is -2.18. The number of benzene rings is 1. The van der Waals surface area contributed by atoms with E-state index in [1.54, 1.807) is 13.0 Å². The van der Waals surface area contributed by atoms with Crippen LogP contribution in [0.5, 0.6) is 0 Å². The van der Waals surface area contributed by atoms with E-state index < -0.39 is 0 Å². The second-order valence-electron chi connectivity index (χ2n) is 6.66. The third-order valence-corrected chi connectivity index (χ3v) is 3.80. The number of carbonyl (C=O) groups excluding carboxylic acids is 1. The van der Waals surface area contributed by atoms with Gasteiger partial charge in [-0.1, -0.05) is 0 Å². The molecule has 0 atom stereocenters. The summed E-state index contributed by atoms with van der Waals surface area (Å²) in [7, 11) is 8.04. The number of hydrogen-bond donors (Lipinski definition) is 2. The molecule has 26 heavy (non-hydrogen) atoms. The molecule has 1 amide bonds. The van der Waals surface area contributed by atoms with E-state index in [0.29, 0.717) is 17.3 Å². The molecular weight excluding hydrogens is 328 g/mol. The zero-order chi connectivity index (χ0) is 19.1. The maximum Gasteiger partial charge on any atom is 0.274 e. The summed E-state index contributed by atoms with van der Waals surface area (Å²) in [6, 6.07) is 9.35. The van der Waals surface area contributed by atoms with Gasteiger partial charge in [0.2, 0.25) is 0 Å². The van der Waals surface area contributed by atoms with E-state index >= 15 is 0 Å². The van der Waals surface area contributed by atoms with Gasteiger partial charge >= 0.3 is 0 Å². The summed E-state index contributed by atoms with van der Waals surface area (Å²) >= 11 is 0. The first-order valence-electron chi connectivity index (χ1n) is 8.68. The standard InChI is InChI=1S/C19H28N6O/c1-14-21-17(13-18(22-14)20-11-6-12-24(2)3)19(26)23-15-7-9-16(10-8-15)25(4)5/h7-10,13H,6,11-12H2,1-5H3,(H,23,26)(H,20,21,22). The van der Waals surface area contributed by atoms with Gasteiger partial charge in [-0.2, -0.15) is 0 Å². The number of rotatable bonds is 8. The Bertz CT molecular complexity index is 727. The summed E-state index contributed by atoms with van der Waals surface area (Å²) < 4.78 is 0. The average molecular weight is 356 g/mol. The van der Waals surface area contributed by atoms with Crippen molar-refractivity contribution >= 4 is 23.1 Å². The van der Waals surface area contributed by atoms with Gasteiger partial charge in [0.05, 0.1) is 0 Å². The summed E-state index contributed by atoms with van der Waals surface area (Å²) in [6.45, 7) is 3.57. The largest absolute Gasteiger partial charge is 0.378 e. The Balaban J connectivity index is 2.01. The van der Waals surface area contributed by atoms with Crippen LogP contribution in [0, 0.1) is 6.92 Å². The number of amides is 1. The van der Waals surface area contributed by atoms with Gasteiger partial charge in [-0.05, 0) is 58.3 Å². The van der Waals surface area contributed by atoms with Crippen LogP contribution in [-0.4, -0.2) is 62.1 Å². The van der Waals surface area contributed by atoms with Gasteiger partial charge in [-0.25, -0.2) is 9.97 Å². The first kappa shape index (κ1) is 19.7. The van der Waals surface area contributed by atoms with Crippen molar-refractivity contribution in [2.24, 2.45) is 0 Å². The molecule has 1 heterocycles. The number of carbonyl (C=O) groups is 1. The van der Waals surface area contributed by atoms with Gasteiger partial charge in [0.15, 0.2) is 0 Å². The van der Waals surface area contributed by atoms with Gasteiger partial charge in [0, 0.05) is 38.1 Å². The topological polar surface area (TPSA) is 73.4 Å². The lowest BCUT2D eigenvalue weighted by molar-refractivity contribution is 0.102. The van der Waals surface area contributed by atoms with Crippen LogP contribution in [0.15, 0.2) is 30.3 Å². The Kier molecular flexibility index (Phi) is 6.91. The second kappa shape index (κ2) is 9.15. The summed E-state index contributed by atoms with van der Waals surface area (Å²) in [5, 5.41) is 6.14. The third kappa shape index (κ3) is 6.00. The molecule has 0 aliphatic rings. The van der Waals surface area contributed by atoms with Crippen LogP contribution >= 0.6 is 0 Å². The first-order chi connectivity index (χ1) is 12.3. The third-order valence-electron chi connectivity index (χ3n) is 3.80. The van der Waals surface area contributed by atoms with Crippen molar-refractivity contribution in [1.82, 2.24) is 14.9 Å². The van der Waals surface area contributed by atoms with Crippen molar-refractivity contribution < 1.29 is 4.79 Å². The van der Waals surface area contributed by atoms with Crippen LogP contribution in [0.1, 0.15) is 22.7 Å². The van der Waals surface area contributed by atoms with Gasteiger partial charge < -0.3 is 20.4 Å². The molecule has 140 valence electrons. The van der Waals surface area contributed by atoms with E-state index in [0.717, 1.165) is 30.9 Å². The Morgan fingerprint density at radius 3 is 2.38 bits per heavy atom. The molecule has 0 aliphatic heterocycles. The SMILES string of the molecule is Cc1nc(NCCCN(C)C)cc(C(=O)Nc2ccc(N(C)C)cc2)n1. The molecule has 1 aromatic heterocycles. The predicted octanol–water partition coefficient (Wildman–Crippen LogP) is 2.47. The van der Waals surface area contributed by atoms with Gasteiger partial charge in [-0.15, -0.1) is 0 Å². The quantitative estimate of drug-likeness (QED) is 0.708. The van der Waals surface area contributed by atoms with Crippen molar-refractivity contribution in [3.05, 3.63) is 41.9 Å². The van der Waals surface area contributed by atoms with Crippen molar-refractivity contribution in [3.63, 3.8) is 0 Å². The van der Waals surface area contributed by atoms with E-state index in [-0.39, 0.29) is 5.91 Å². The minimum atomic E-state index is -0.246. The molecule has 0 saturated heterocycles. The second-order valence-corrected chi connectivity index (χ2v) is 6.66. The number of nitrogens with zero attached hydrogens (tertiary/aromatic N) is 4. The van der Waals surface area contributed by atoms with Crippen LogP contribution in [0.3, 0.4) is 0 Å². The van der Waals surface area contributed by atoms with E-state index in [4.69, 9.17) is 0 Å². The maximum absolute atomic E-state index is 12.5. The summed E-state index contributed by atoms with van der Waals surface area (Å²) in [5.41, 5.74) is 2.16. The highest BCUT2D eigenvalue weighted by Gasteiger charge is 2.11. The van der Waals surface area contributed by atoms with E-state index in [9.17, 15) is 4.79 Å². The average Bonchev–Trinajstić information content (AvgIpc) is 2.58. The van der Waals surface area contributed by atoms with Crippen molar-refractivity contribution in [2.75, 3.05) is 56.8 Å². The summed E-state index contributed by atoms with van der Waals surface area (Å²) in [6.07, 6.45) is 0.996.